The molecule has 0 bridgehead atoms. The number of benzene rings is 1. The lowest BCUT2D eigenvalue weighted by Crippen LogP contribution is -2.63. The van der Waals surface area contributed by atoms with E-state index in [1.807, 2.05) is 6.92 Å². The molecule has 13 heteroatoms. The molecule has 0 saturated carbocycles. The molecular formula is C26H34O13. The molecule has 216 valence electrons. The van der Waals surface area contributed by atoms with Crippen molar-refractivity contribution in [3.05, 3.63) is 29.3 Å². The van der Waals surface area contributed by atoms with Crippen molar-refractivity contribution in [3.8, 4) is 5.75 Å². The molecule has 0 spiro atoms. The van der Waals surface area contributed by atoms with E-state index in [9.17, 15) is 29.1 Å². The molecule has 0 amide bonds. The number of unbranched alkanes of at least 4 members (excludes halogenated alkanes) is 1. The van der Waals surface area contributed by atoms with E-state index in [0.717, 1.165) is 34.1 Å². The Labute approximate surface area is 225 Å². The second-order valence-corrected chi connectivity index (χ2v) is 8.66. The summed E-state index contributed by atoms with van der Waals surface area (Å²) in [6.07, 6.45) is -5.62. The molecule has 0 aliphatic carbocycles. The number of rotatable bonds is 12. The van der Waals surface area contributed by atoms with Gasteiger partial charge in [-0.15, -0.1) is 0 Å². The first-order valence-corrected chi connectivity index (χ1v) is 12.3. The first kappa shape index (κ1) is 31.5. The molecule has 1 saturated heterocycles. The lowest BCUT2D eigenvalue weighted by atomic mass is 9.98. The van der Waals surface area contributed by atoms with Crippen molar-refractivity contribution in [2.24, 2.45) is 0 Å². The van der Waals surface area contributed by atoms with Gasteiger partial charge in [0.1, 0.15) is 24.0 Å². The van der Waals surface area contributed by atoms with Gasteiger partial charge in [0.2, 0.25) is 12.4 Å². The topological polar surface area (TPSA) is 170 Å². The summed E-state index contributed by atoms with van der Waals surface area (Å²) < 4.78 is 38.3. The van der Waals surface area contributed by atoms with Gasteiger partial charge in [0.15, 0.2) is 12.2 Å². The highest BCUT2D eigenvalue weighted by molar-refractivity contribution is 5.92. The van der Waals surface area contributed by atoms with Gasteiger partial charge in [0, 0.05) is 27.7 Å². The molecule has 1 heterocycles. The van der Waals surface area contributed by atoms with Gasteiger partial charge in [0.25, 0.3) is 0 Å². The Kier molecular flexibility index (Phi) is 12.1. The van der Waals surface area contributed by atoms with Gasteiger partial charge in [0.05, 0.1) is 13.2 Å². The van der Waals surface area contributed by atoms with Crippen LogP contribution in [0.5, 0.6) is 5.75 Å². The third-order valence-corrected chi connectivity index (χ3v) is 5.37. The molecule has 0 aromatic heterocycles. The SMILES string of the molecule is CCCCOC(=O)c1cc(CO)ccc1OC1O[C@H](COC(C)=O)[C@H](OC(C)=O)[C@H](OC(C)=O)[C@H]1OC(C)=O. The Morgan fingerprint density at radius 2 is 1.46 bits per heavy atom. The molecule has 1 aliphatic rings. The summed E-state index contributed by atoms with van der Waals surface area (Å²) in [5.74, 6) is -3.83. The zero-order chi connectivity index (χ0) is 29.1. The summed E-state index contributed by atoms with van der Waals surface area (Å²) in [7, 11) is 0. The molecule has 2 rings (SSSR count). The smallest absolute Gasteiger partial charge is 0.341 e. The highest BCUT2D eigenvalue weighted by Gasteiger charge is 2.53. The van der Waals surface area contributed by atoms with E-state index in [1.165, 1.54) is 18.2 Å². The number of hydrogen-bond acceptors (Lipinski definition) is 13. The van der Waals surface area contributed by atoms with Crippen LogP contribution in [-0.2, 0) is 54.2 Å². The van der Waals surface area contributed by atoms with Gasteiger partial charge in [-0.1, -0.05) is 19.4 Å². The van der Waals surface area contributed by atoms with Crippen molar-refractivity contribution in [1.82, 2.24) is 0 Å². The van der Waals surface area contributed by atoms with Crippen molar-refractivity contribution < 1.29 is 62.2 Å². The number of aliphatic hydroxyl groups excluding tert-OH is 1. The number of carbonyl (C=O) groups excluding carboxylic acids is 5. The van der Waals surface area contributed by atoms with Crippen molar-refractivity contribution in [2.45, 2.75) is 84.8 Å². The van der Waals surface area contributed by atoms with Crippen molar-refractivity contribution >= 4 is 29.8 Å². The lowest BCUT2D eigenvalue weighted by molar-refractivity contribution is -0.288. The van der Waals surface area contributed by atoms with Crippen LogP contribution >= 0.6 is 0 Å². The number of esters is 5. The third kappa shape index (κ3) is 9.52. The Hall–Kier alpha value is -3.71. The summed E-state index contributed by atoms with van der Waals surface area (Å²) in [4.78, 5) is 60.2. The molecule has 1 aromatic rings. The quantitative estimate of drug-likeness (QED) is 0.225. The molecule has 1 N–H and O–H groups in total. The molecule has 0 radical (unpaired) electrons. The van der Waals surface area contributed by atoms with E-state index in [2.05, 4.69) is 0 Å². The largest absolute Gasteiger partial charge is 0.463 e. The molecule has 1 aromatic carbocycles. The fourth-order valence-corrected chi connectivity index (χ4v) is 3.73. The summed E-state index contributed by atoms with van der Waals surface area (Å²) in [5.41, 5.74) is 0.344. The summed E-state index contributed by atoms with van der Waals surface area (Å²) in [6.45, 7) is 5.73. The van der Waals surface area contributed by atoms with Gasteiger partial charge >= 0.3 is 29.8 Å². The van der Waals surface area contributed by atoms with E-state index in [1.54, 1.807) is 0 Å². The summed E-state index contributed by atoms with van der Waals surface area (Å²) >= 11 is 0. The highest BCUT2D eigenvalue weighted by atomic mass is 16.7. The molecular weight excluding hydrogens is 520 g/mol. The number of aliphatic hydroxyl groups is 1. The van der Waals surface area contributed by atoms with Crippen LogP contribution in [-0.4, -0.2) is 78.9 Å². The van der Waals surface area contributed by atoms with Crippen LogP contribution in [0.4, 0.5) is 0 Å². The minimum Gasteiger partial charge on any atom is -0.463 e. The minimum absolute atomic E-state index is 0.0505. The molecule has 1 aliphatic heterocycles. The second-order valence-electron chi connectivity index (χ2n) is 8.66. The van der Waals surface area contributed by atoms with Crippen molar-refractivity contribution in [2.75, 3.05) is 13.2 Å². The van der Waals surface area contributed by atoms with Gasteiger partial charge in [-0.05, 0) is 24.1 Å². The Bertz CT molecular complexity index is 1040. The monoisotopic (exact) mass is 554 g/mol. The third-order valence-electron chi connectivity index (χ3n) is 5.37. The Morgan fingerprint density at radius 3 is 2.03 bits per heavy atom. The van der Waals surface area contributed by atoms with Crippen LogP contribution in [0.15, 0.2) is 18.2 Å². The fraction of sp³-hybridized carbons (Fsp3) is 0.577. The molecule has 1 fully saturated rings. The van der Waals surface area contributed by atoms with Crippen LogP contribution in [0.1, 0.15) is 63.4 Å². The Morgan fingerprint density at radius 1 is 0.846 bits per heavy atom. The molecule has 39 heavy (non-hydrogen) atoms. The van der Waals surface area contributed by atoms with Gasteiger partial charge in [-0.2, -0.15) is 0 Å². The molecule has 13 nitrogen and oxygen atoms in total. The number of hydrogen-bond donors (Lipinski definition) is 1. The first-order valence-electron chi connectivity index (χ1n) is 12.3. The van der Waals surface area contributed by atoms with Crippen LogP contribution in [0.2, 0.25) is 0 Å². The van der Waals surface area contributed by atoms with Gasteiger partial charge in [-0.3, -0.25) is 19.2 Å². The van der Waals surface area contributed by atoms with Crippen LogP contribution in [0.3, 0.4) is 0 Å². The lowest BCUT2D eigenvalue weighted by Gasteiger charge is -2.44. The van der Waals surface area contributed by atoms with E-state index < -0.39 is 67.2 Å². The van der Waals surface area contributed by atoms with E-state index in [0.29, 0.717) is 12.0 Å². The standard InChI is InChI=1S/C26H34O13/c1-6-7-10-33-25(32)19-11-18(12-27)8-9-20(19)38-26-24(37-17(5)31)23(36-16(4)30)22(35-15(3)29)21(39-26)13-34-14(2)28/h8-9,11,21-24,26-27H,6-7,10,12-13H2,1-5H3/t21-,22+,23+,24-,26?/m1/s1. The summed E-state index contributed by atoms with van der Waals surface area (Å²) in [6, 6.07) is 4.24. The van der Waals surface area contributed by atoms with Crippen LogP contribution in [0, 0.1) is 0 Å². The fourth-order valence-electron chi connectivity index (χ4n) is 3.73. The normalized spacial score (nSPS) is 22.3. The van der Waals surface area contributed by atoms with Gasteiger partial charge < -0.3 is 38.3 Å². The number of carbonyl (C=O) groups is 5. The van der Waals surface area contributed by atoms with E-state index >= 15 is 0 Å². The predicted octanol–water partition coefficient (Wildman–Crippen LogP) is 1.60. The van der Waals surface area contributed by atoms with Crippen molar-refractivity contribution in [1.29, 1.82) is 0 Å². The van der Waals surface area contributed by atoms with E-state index in [4.69, 9.17) is 33.2 Å². The molecule has 5 atom stereocenters. The van der Waals surface area contributed by atoms with Gasteiger partial charge in [-0.25, -0.2) is 4.79 Å². The zero-order valence-electron chi connectivity index (χ0n) is 22.5. The molecule has 1 unspecified atom stereocenters. The number of ether oxygens (including phenoxy) is 7. The van der Waals surface area contributed by atoms with E-state index in [-0.39, 0.29) is 24.5 Å². The zero-order valence-corrected chi connectivity index (χ0v) is 22.5. The summed E-state index contributed by atoms with van der Waals surface area (Å²) in [5, 5.41) is 9.56. The predicted molar refractivity (Wildman–Crippen MR) is 130 cm³/mol. The van der Waals surface area contributed by atoms with Crippen molar-refractivity contribution in [3.63, 3.8) is 0 Å². The average molecular weight is 555 g/mol. The first-order chi connectivity index (χ1) is 18.5. The second kappa shape index (κ2) is 15.0. The minimum atomic E-state index is -1.53. The van der Waals surface area contributed by atoms with Crippen LogP contribution < -0.4 is 4.74 Å². The maximum Gasteiger partial charge on any atom is 0.341 e. The highest BCUT2D eigenvalue weighted by Crippen LogP contribution is 2.32. The van der Waals surface area contributed by atoms with Crippen LogP contribution in [0.25, 0.3) is 0 Å². The maximum atomic E-state index is 12.8. The Balaban J connectivity index is 2.54. The maximum absolute atomic E-state index is 12.8. The average Bonchev–Trinajstić information content (AvgIpc) is 2.85.